The Bertz CT molecular complexity index is 655. The van der Waals surface area contributed by atoms with Crippen molar-refractivity contribution < 1.29 is 4.74 Å². The molecule has 2 aliphatic rings. The van der Waals surface area contributed by atoms with Crippen LogP contribution in [0.3, 0.4) is 0 Å². The van der Waals surface area contributed by atoms with Crippen LogP contribution in [0.15, 0.2) is 42.7 Å². The van der Waals surface area contributed by atoms with E-state index in [1.165, 1.54) is 30.4 Å². The minimum absolute atomic E-state index is 0.156. The number of hydrogen-bond donors (Lipinski definition) is 0. The maximum atomic E-state index is 5.95. The van der Waals surface area contributed by atoms with E-state index in [4.69, 9.17) is 4.74 Å². The maximum absolute atomic E-state index is 5.95. The van der Waals surface area contributed by atoms with Gasteiger partial charge in [0.25, 0.3) is 0 Å². The summed E-state index contributed by atoms with van der Waals surface area (Å²) in [6, 6.07) is 10.5. The van der Waals surface area contributed by atoms with Crippen molar-refractivity contribution in [1.29, 1.82) is 0 Å². The van der Waals surface area contributed by atoms with Gasteiger partial charge in [0.15, 0.2) is 0 Å². The average molecular weight is 338 g/mol. The van der Waals surface area contributed by atoms with Crippen molar-refractivity contribution in [2.75, 3.05) is 37.7 Å². The van der Waals surface area contributed by atoms with Crippen LogP contribution in [0.1, 0.15) is 36.5 Å². The van der Waals surface area contributed by atoms with E-state index in [0.29, 0.717) is 0 Å². The number of aromatic nitrogens is 2. The normalized spacial score (nSPS) is 22.1. The number of anilines is 1. The SMILES string of the molecule is c1ccc([C@H]2CN(Cc3cnc(N4CCCCC4)nc3)CCO2)cc1. The lowest BCUT2D eigenvalue weighted by molar-refractivity contribution is -0.0329. The minimum atomic E-state index is 0.156. The van der Waals surface area contributed by atoms with Crippen LogP contribution in [-0.4, -0.2) is 47.7 Å². The first kappa shape index (κ1) is 16.5. The van der Waals surface area contributed by atoms with Gasteiger partial charge in [-0.3, -0.25) is 4.90 Å². The Kier molecular flexibility index (Phi) is 5.23. The lowest BCUT2D eigenvalue weighted by Gasteiger charge is -2.33. The second-order valence-corrected chi connectivity index (χ2v) is 6.94. The van der Waals surface area contributed by atoms with E-state index in [2.05, 4.69) is 44.0 Å². The molecule has 2 saturated heterocycles. The summed E-state index contributed by atoms with van der Waals surface area (Å²) in [4.78, 5) is 13.9. The van der Waals surface area contributed by atoms with Crippen LogP contribution in [0.4, 0.5) is 5.95 Å². The molecule has 1 atom stereocenters. The van der Waals surface area contributed by atoms with Gasteiger partial charge in [0.2, 0.25) is 5.95 Å². The summed E-state index contributed by atoms with van der Waals surface area (Å²) in [5, 5.41) is 0. The molecule has 25 heavy (non-hydrogen) atoms. The van der Waals surface area contributed by atoms with Crippen molar-refractivity contribution in [1.82, 2.24) is 14.9 Å². The smallest absolute Gasteiger partial charge is 0.225 e. The largest absolute Gasteiger partial charge is 0.371 e. The van der Waals surface area contributed by atoms with Crippen molar-refractivity contribution in [3.05, 3.63) is 53.9 Å². The molecule has 0 amide bonds. The molecule has 0 aliphatic carbocycles. The van der Waals surface area contributed by atoms with E-state index in [1.807, 2.05) is 18.5 Å². The Labute approximate surface area is 149 Å². The fraction of sp³-hybridized carbons (Fsp3) is 0.500. The highest BCUT2D eigenvalue weighted by Gasteiger charge is 2.22. The quantitative estimate of drug-likeness (QED) is 0.857. The Morgan fingerprint density at radius 3 is 2.48 bits per heavy atom. The summed E-state index contributed by atoms with van der Waals surface area (Å²) >= 11 is 0. The third kappa shape index (κ3) is 4.17. The van der Waals surface area contributed by atoms with Crippen LogP contribution in [0.25, 0.3) is 0 Å². The fourth-order valence-electron chi connectivity index (χ4n) is 3.66. The van der Waals surface area contributed by atoms with Crippen molar-refractivity contribution >= 4 is 5.95 Å². The molecule has 0 bridgehead atoms. The summed E-state index contributed by atoms with van der Waals surface area (Å²) in [6.45, 7) is 5.69. The predicted molar refractivity (Wildman–Crippen MR) is 98.5 cm³/mol. The zero-order valence-corrected chi connectivity index (χ0v) is 14.7. The maximum Gasteiger partial charge on any atom is 0.225 e. The van der Waals surface area contributed by atoms with Gasteiger partial charge in [-0.05, 0) is 24.8 Å². The van der Waals surface area contributed by atoms with Gasteiger partial charge < -0.3 is 9.64 Å². The average Bonchev–Trinajstić information content (AvgIpc) is 2.70. The Morgan fingerprint density at radius 2 is 1.72 bits per heavy atom. The number of morpholine rings is 1. The molecule has 5 nitrogen and oxygen atoms in total. The van der Waals surface area contributed by atoms with Crippen LogP contribution in [-0.2, 0) is 11.3 Å². The van der Waals surface area contributed by atoms with E-state index in [9.17, 15) is 0 Å². The van der Waals surface area contributed by atoms with Gasteiger partial charge in [0.05, 0.1) is 12.7 Å². The lowest BCUT2D eigenvalue weighted by atomic mass is 10.1. The highest BCUT2D eigenvalue weighted by atomic mass is 16.5. The van der Waals surface area contributed by atoms with Gasteiger partial charge in [-0.25, -0.2) is 9.97 Å². The minimum Gasteiger partial charge on any atom is -0.371 e. The molecule has 0 radical (unpaired) electrons. The van der Waals surface area contributed by atoms with E-state index in [0.717, 1.165) is 45.3 Å². The highest BCUT2D eigenvalue weighted by molar-refractivity contribution is 5.30. The number of ether oxygens (including phenoxy) is 1. The number of piperidine rings is 1. The van der Waals surface area contributed by atoms with Crippen LogP contribution >= 0.6 is 0 Å². The molecule has 4 rings (SSSR count). The van der Waals surface area contributed by atoms with Crippen molar-refractivity contribution in [2.24, 2.45) is 0 Å². The Hall–Kier alpha value is -1.98. The van der Waals surface area contributed by atoms with Crippen LogP contribution in [0, 0.1) is 0 Å². The number of rotatable bonds is 4. The standard InChI is InChI=1S/C20H26N4O/c1-3-7-18(8-4-1)19-16-23(11-12-25-19)15-17-13-21-20(22-14-17)24-9-5-2-6-10-24/h1,3-4,7-8,13-14,19H,2,5-6,9-12,15-16H2/t19-/m1/s1. The fourth-order valence-corrected chi connectivity index (χ4v) is 3.66. The van der Waals surface area contributed by atoms with E-state index in [-0.39, 0.29) is 6.10 Å². The molecular weight excluding hydrogens is 312 g/mol. The Morgan fingerprint density at radius 1 is 0.960 bits per heavy atom. The molecule has 0 saturated carbocycles. The monoisotopic (exact) mass is 338 g/mol. The van der Waals surface area contributed by atoms with E-state index >= 15 is 0 Å². The summed E-state index contributed by atoms with van der Waals surface area (Å²) < 4.78 is 5.95. The molecule has 3 heterocycles. The van der Waals surface area contributed by atoms with E-state index < -0.39 is 0 Å². The van der Waals surface area contributed by atoms with Gasteiger partial charge >= 0.3 is 0 Å². The summed E-state index contributed by atoms with van der Waals surface area (Å²) in [5.41, 5.74) is 2.43. The third-order valence-corrected chi connectivity index (χ3v) is 5.06. The second kappa shape index (κ2) is 7.93. The molecule has 5 heteroatoms. The van der Waals surface area contributed by atoms with Crippen LogP contribution in [0.5, 0.6) is 0 Å². The van der Waals surface area contributed by atoms with Crippen molar-refractivity contribution in [3.63, 3.8) is 0 Å². The van der Waals surface area contributed by atoms with Crippen molar-refractivity contribution in [3.8, 4) is 0 Å². The summed E-state index contributed by atoms with van der Waals surface area (Å²) in [7, 11) is 0. The highest BCUT2D eigenvalue weighted by Crippen LogP contribution is 2.23. The summed E-state index contributed by atoms with van der Waals surface area (Å²) in [6.07, 6.45) is 7.96. The molecule has 0 spiro atoms. The van der Waals surface area contributed by atoms with Gasteiger partial charge in [0.1, 0.15) is 0 Å². The van der Waals surface area contributed by atoms with Gasteiger partial charge in [0, 0.05) is 50.7 Å². The second-order valence-electron chi connectivity index (χ2n) is 6.94. The van der Waals surface area contributed by atoms with Gasteiger partial charge in [-0.15, -0.1) is 0 Å². The molecular formula is C20H26N4O. The molecule has 132 valence electrons. The van der Waals surface area contributed by atoms with Gasteiger partial charge in [-0.2, -0.15) is 0 Å². The molecule has 2 aromatic rings. The van der Waals surface area contributed by atoms with E-state index in [1.54, 1.807) is 0 Å². The Balaban J connectivity index is 1.36. The predicted octanol–water partition coefficient (Wildman–Crippen LogP) is 3.04. The van der Waals surface area contributed by atoms with Crippen LogP contribution in [0.2, 0.25) is 0 Å². The first-order valence-electron chi connectivity index (χ1n) is 9.33. The number of nitrogens with zero attached hydrogens (tertiary/aromatic N) is 4. The van der Waals surface area contributed by atoms with Gasteiger partial charge in [-0.1, -0.05) is 30.3 Å². The first-order valence-corrected chi connectivity index (χ1v) is 9.33. The van der Waals surface area contributed by atoms with Crippen molar-refractivity contribution in [2.45, 2.75) is 31.9 Å². The molecule has 1 aromatic heterocycles. The topological polar surface area (TPSA) is 41.5 Å². The zero-order chi connectivity index (χ0) is 16.9. The molecule has 0 unspecified atom stereocenters. The van der Waals surface area contributed by atoms with Crippen LogP contribution < -0.4 is 4.90 Å². The molecule has 2 fully saturated rings. The third-order valence-electron chi connectivity index (χ3n) is 5.06. The zero-order valence-electron chi connectivity index (χ0n) is 14.7. The molecule has 0 N–H and O–H groups in total. The molecule has 1 aromatic carbocycles. The molecule has 2 aliphatic heterocycles. The summed E-state index contributed by atoms with van der Waals surface area (Å²) in [5.74, 6) is 0.882. The number of benzene rings is 1. The first-order chi connectivity index (χ1) is 12.4. The lowest BCUT2D eigenvalue weighted by Crippen LogP contribution is -2.38. The number of hydrogen-bond acceptors (Lipinski definition) is 5.